The van der Waals surface area contributed by atoms with Crippen molar-refractivity contribution in [2.75, 3.05) is 0 Å². The lowest BCUT2D eigenvalue weighted by Crippen LogP contribution is -2.30. The molecule has 4 aromatic rings. The molecule has 3 aromatic carbocycles. The molecule has 1 N–H and O–H groups in total. The van der Waals surface area contributed by atoms with Gasteiger partial charge >= 0.3 is 6.61 Å². The van der Waals surface area contributed by atoms with E-state index in [-0.39, 0.29) is 18.1 Å². The number of hydrogen-bond acceptors (Lipinski definition) is 4. The highest BCUT2D eigenvalue weighted by molar-refractivity contribution is 7.13. The van der Waals surface area contributed by atoms with Crippen molar-refractivity contribution in [3.63, 3.8) is 0 Å². The van der Waals surface area contributed by atoms with E-state index in [0.717, 1.165) is 27.3 Å². The smallest absolute Gasteiger partial charge is 0.387 e. The first-order valence-corrected chi connectivity index (χ1v) is 11.3. The Bertz CT molecular complexity index is 1210. The maximum Gasteiger partial charge on any atom is 0.387 e. The molecule has 0 bridgehead atoms. The van der Waals surface area contributed by atoms with Crippen LogP contribution in [0.5, 0.6) is 5.75 Å². The molecular formula is C26H22F2N2O2S. The summed E-state index contributed by atoms with van der Waals surface area (Å²) in [5.41, 5.74) is 4.51. The second-order valence-electron chi connectivity index (χ2n) is 7.55. The summed E-state index contributed by atoms with van der Waals surface area (Å²) in [6.45, 7) is -0.857. The van der Waals surface area contributed by atoms with Crippen molar-refractivity contribution in [3.8, 4) is 16.3 Å². The summed E-state index contributed by atoms with van der Waals surface area (Å²) < 4.78 is 29.4. The molecule has 0 fully saturated rings. The van der Waals surface area contributed by atoms with Crippen LogP contribution in [0.2, 0.25) is 0 Å². The van der Waals surface area contributed by atoms with Crippen molar-refractivity contribution < 1.29 is 18.3 Å². The number of thiazole rings is 1. The Morgan fingerprint density at radius 3 is 2.42 bits per heavy atom. The maximum atomic E-state index is 12.9. The molecule has 0 saturated heterocycles. The number of carbonyl (C=O) groups is 1. The van der Waals surface area contributed by atoms with Gasteiger partial charge in [0.25, 0.3) is 0 Å². The molecule has 7 heteroatoms. The molecule has 1 aromatic heterocycles. The normalized spacial score (nSPS) is 11.9. The second-order valence-corrected chi connectivity index (χ2v) is 8.41. The standard InChI is InChI=1S/C26H22F2N2O2S/c1-17-6-5-9-20(14-17)25-29-21(16-33-25)15-23(31)30-24(18-7-3-2-4-8-18)19-10-12-22(13-11-19)32-26(27)28/h2-14,16,24,26H,15H2,1H3,(H,30,31). The molecule has 1 heterocycles. The van der Waals surface area contributed by atoms with E-state index in [1.165, 1.54) is 23.5 Å². The molecular weight excluding hydrogens is 442 g/mol. The van der Waals surface area contributed by atoms with Crippen molar-refractivity contribution in [3.05, 3.63) is 107 Å². The summed E-state index contributed by atoms with van der Waals surface area (Å²) in [5, 5.41) is 5.82. The molecule has 0 aliphatic rings. The van der Waals surface area contributed by atoms with E-state index in [1.54, 1.807) is 12.1 Å². The molecule has 0 aliphatic heterocycles. The van der Waals surface area contributed by atoms with Crippen LogP contribution < -0.4 is 10.1 Å². The second kappa shape index (κ2) is 10.4. The Kier molecular flexibility index (Phi) is 7.10. The van der Waals surface area contributed by atoms with E-state index in [1.807, 2.05) is 60.8 Å². The van der Waals surface area contributed by atoms with E-state index < -0.39 is 12.7 Å². The fourth-order valence-corrected chi connectivity index (χ4v) is 4.34. The predicted octanol–water partition coefficient (Wildman–Crippen LogP) is 6.17. The summed E-state index contributed by atoms with van der Waals surface area (Å²) >= 11 is 1.51. The minimum absolute atomic E-state index is 0.0676. The number of aryl methyl sites for hydroxylation is 1. The number of ether oxygens (including phenoxy) is 1. The van der Waals surface area contributed by atoms with Crippen molar-refractivity contribution in [1.82, 2.24) is 10.3 Å². The minimum Gasteiger partial charge on any atom is -0.435 e. The van der Waals surface area contributed by atoms with Gasteiger partial charge in [0, 0.05) is 10.9 Å². The fraction of sp³-hybridized carbons (Fsp3) is 0.154. The average molecular weight is 465 g/mol. The monoisotopic (exact) mass is 464 g/mol. The number of carbonyl (C=O) groups excluding carboxylic acids is 1. The topological polar surface area (TPSA) is 51.2 Å². The van der Waals surface area contributed by atoms with Gasteiger partial charge < -0.3 is 10.1 Å². The molecule has 1 amide bonds. The Morgan fingerprint density at radius 2 is 1.73 bits per heavy atom. The van der Waals surface area contributed by atoms with Crippen LogP contribution in [0.25, 0.3) is 10.6 Å². The summed E-state index contributed by atoms with van der Waals surface area (Å²) in [7, 11) is 0. The predicted molar refractivity (Wildman–Crippen MR) is 125 cm³/mol. The number of rotatable bonds is 8. The van der Waals surface area contributed by atoms with Crippen LogP contribution in [-0.2, 0) is 11.2 Å². The van der Waals surface area contributed by atoms with Gasteiger partial charge in [-0.05, 0) is 36.2 Å². The molecule has 0 radical (unpaired) electrons. The Hall–Kier alpha value is -3.58. The highest BCUT2D eigenvalue weighted by Crippen LogP contribution is 2.27. The van der Waals surface area contributed by atoms with E-state index in [2.05, 4.69) is 21.1 Å². The first-order chi connectivity index (χ1) is 16.0. The third kappa shape index (κ3) is 6.02. The lowest BCUT2D eigenvalue weighted by molar-refractivity contribution is -0.121. The van der Waals surface area contributed by atoms with E-state index in [9.17, 15) is 13.6 Å². The molecule has 0 spiro atoms. The van der Waals surface area contributed by atoms with Gasteiger partial charge in [0.2, 0.25) is 5.91 Å². The Balaban J connectivity index is 1.50. The number of aromatic nitrogens is 1. The van der Waals surface area contributed by atoms with Crippen LogP contribution in [0.15, 0.2) is 84.2 Å². The first-order valence-electron chi connectivity index (χ1n) is 10.4. The molecule has 1 atom stereocenters. The highest BCUT2D eigenvalue weighted by Gasteiger charge is 2.18. The zero-order valence-corrected chi connectivity index (χ0v) is 18.7. The average Bonchev–Trinajstić information content (AvgIpc) is 3.27. The first kappa shape index (κ1) is 22.6. The quantitative estimate of drug-likeness (QED) is 0.339. The lowest BCUT2D eigenvalue weighted by atomic mass is 9.98. The minimum atomic E-state index is -2.89. The number of alkyl halides is 2. The van der Waals surface area contributed by atoms with Crippen molar-refractivity contribution in [2.45, 2.75) is 26.0 Å². The van der Waals surface area contributed by atoms with Crippen LogP contribution in [0.1, 0.15) is 28.4 Å². The van der Waals surface area contributed by atoms with E-state index >= 15 is 0 Å². The molecule has 0 aliphatic carbocycles. The van der Waals surface area contributed by atoms with Crippen molar-refractivity contribution in [1.29, 1.82) is 0 Å². The lowest BCUT2D eigenvalue weighted by Gasteiger charge is -2.20. The van der Waals surface area contributed by atoms with Crippen LogP contribution in [-0.4, -0.2) is 17.5 Å². The van der Waals surface area contributed by atoms with Gasteiger partial charge in [-0.15, -0.1) is 11.3 Å². The van der Waals surface area contributed by atoms with Crippen LogP contribution in [0.4, 0.5) is 8.78 Å². The van der Waals surface area contributed by atoms with Gasteiger partial charge in [-0.3, -0.25) is 4.79 Å². The van der Waals surface area contributed by atoms with E-state index in [4.69, 9.17) is 0 Å². The van der Waals surface area contributed by atoms with Crippen LogP contribution in [0.3, 0.4) is 0 Å². The molecule has 1 unspecified atom stereocenters. The number of hydrogen-bond donors (Lipinski definition) is 1. The molecule has 4 rings (SSSR count). The number of nitrogens with one attached hydrogen (secondary N) is 1. The summed E-state index contributed by atoms with van der Waals surface area (Å²) in [4.78, 5) is 17.5. The van der Waals surface area contributed by atoms with Crippen molar-refractivity contribution >= 4 is 17.2 Å². The molecule has 4 nitrogen and oxygen atoms in total. The number of halogens is 2. The van der Waals surface area contributed by atoms with Gasteiger partial charge in [-0.1, -0.05) is 66.2 Å². The van der Waals surface area contributed by atoms with Crippen LogP contribution in [0, 0.1) is 6.92 Å². The summed E-state index contributed by atoms with van der Waals surface area (Å²) in [5.74, 6) is -0.115. The van der Waals surface area contributed by atoms with Crippen molar-refractivity contribution in [2.24, 2.45) is 0 Å². The zero-order chi connectivity index (χ0) is 23.2. The molecule has 168 valence electrons. The third-order valence-electron chi connectivity index (χ3n) is 5.04. The number of nitrogens with zero attached hydrogens (tertiary/aromatic N) is 1. The molecule has 0 saturated carbocycles. The third-order valence-corrected chi connectivity index (χ3v) is 5.98. The van der Waals surface area contributed by atoms with Gasteiger partial charge in [0.05, 0.1) is 18.2 Å². The largest absolute Gasteiger partial charge is 0.435 e. The zero-order valence-electron chi connectivity index (χ0n) is 17.9. The highest BCUT2D eigenvalue weighted by atomic mass is 32.1. The van der Waals surface area contributed by atoms with E-state index in [0.29, 0.717) is 5.69 Å². The van der Waals surface area contributed by atoms with Gasteiger partial charge in [-0.25, -0.2) is 4.98 Å². The summed E-state index contributed by atoms with van der Waals surface area (Å²) in [6.07, 6.45) is 0.137. The van der Waals surface area contributed by atoms with Gasteiger partial charge in [0.1, 0.15) is 10.8 Å². The SMILES string of the molecule is Cc1cccc(-c2nc(CC(=O)NC(c3ccccc3)c3ccc(OC(F)F)cc3)cs2)c1. The summed E-state index contributed by atoms with van der Waals surface area (Å²) in [6, 6.07) is 23.4. The maximum absolute atomic E-state index is 12.9. The fourth-order valence-electron chi connectivity index (χ4n) is 3.52. The van der Waals surface area contributed by atoms with Gasteiger partial charge in [-0.2, -0.15) is 8.78 Å². The van der Waals surface area contributed by atoms with Crippen LogP contribution >= 0.6 is 11.3 Å². The number of benzene rings is 3. The number of amides is 1. The van der Waals surface area contributed by atoms with Gasteiger partial charge in [0.15, 0.2) is 0 Å². The molecule has 33 heavy (non-hydrogen) atoms. The Labute approximate surface area is 194 Å². The Morgan fingerprint density at radius 1 is 1.00 bits per heavy atom.